The third kappa shape index (κ3) is 6.23. The molecule has 0 radical (unpaired) electrons. The number of likely N-dealkylation sites (tertiary alicyclic amines) is 1. The first kappa shape index (κ1) is 21.2. The summed E-state index contributed by atoms with van der Waals surface area (Å²) in [6, 6.07) is 16.8. The molecule has 5 heteroatoms. The summed E-state index contributed by atoms with van der Waals surface area (Å²) in [5.41, 5.74) is 3.66. The SMILES string of the molecule is CN=C(NCCc1ccc(C)c(OC)c1)N1CCC(COCc2ccccc2)C1. The van der Waals surface area contributed by atoms with Gasteiger partial charge in [0.25, 0.3) is 0 Å². The molecule has 0 saturated carbocycles. The van der Waals surface area contributed by atoms with Gasteiger partial charge in [-0.05, 0) is 42.5 Å². The zero-order valence-corrected chi connectivity index (χ0v) is 17.9. The number of nitrogens with one attached hydrogen (secondary N) is 1. The fraction of sp³-hybridized carbons (Fsp3) is 0.458. The maximum absolute atomic E-state index is 5.94. The van der Waals surface area contributed by atoms with Crippen molar-refractivity contribution in [3.8, 4) is 5.75 Å². The monoisotopic (exact) mass is 395 g/mol. The van der Waals surface area contributed by atoms with Gasteiger partial charge in [-0.1, -0.05) is 42.5 Å². The lowest BCUT2D eigenvalue weighted by atomic mass is 10.1. The summed E-state index contributed by atoms with van der Waals surface area (Å²) in [7, 11) is 3.58. The number of methoxy groups -OCH3 is 1. The Hall–Kier alpha value is -2.53. The molecule has 1 N–H and O–H groups in total. The summed E-state index contributed by atoms with van der Waals surface area (Å²) in [6.45, 7) is 6.42. The minimum Gasteiger partial charge on any atom is -0.496 e. The minimum atomic E-state index is 0.554. The number of ether oxygens (including phenoxy) is 2. The van der Waals surface area contributed by atoms with E-state index in [0.717, 1.165) is 56.4 Å². The molecule has 0 aromatic heterocycles. The zero-order valence-electron chi connectivity index (χ0n) is 17.9. The van der Waals surface area contributed by atoms with Crippen molar-refractivity contribution in [2.24, 2.45) is 10.9 Å². The van der Waals surface area contributed by atoms with E-state index in [0.29, 0.717) is 12.5 Å². The van der Waals surface area contributed by atoms with E-state index in [1.165, 1.54) is 11.1 Å². The minimum absolute atomic E-state index is 0.554. The quantitative estimate of drug-likeness (QED) is 0.547. The fourth-order valence-electron chi connectivity index (χ4n) is 3.75. The first-order chi connectivity index (χ1) is 14.2. The molecule has 1 atom stereocenters. The van der Waals surface area contributed by atoms with Crippen LogP contribution >= 0.6 is 0 Å². The maximum Gasteiger partial charge on any atom is 0.193 e. The molecular weight excluding hydrogens is 362 g/mol. The van der Waals surface area contributed by atoms with Gasteiger partial charge in [0.15, 0.2) is 5.96 Å². The van der Waals surface area contributed by atoms with Crippen LogP contribution in [0.2, 0.25) is 0 Å². The van der Waals surface area contributed by atoms with E-state index in [1.54, 1.807) is 7.11 Å². The Morgan fingerprint density at radius 2 is 2.00 bits per heavy atom. The van der Waals surface area contributed by atoms with Crippen LogP contribution in [0.25, 0.3) is 0 Å². The highest BCUT2D eigenvalue weighted by molar-refractivity contribution is 5.80. The number of guanidine groups is 1. The number of hydrogen-bond acceptors (Lipinski definition) is 3. The summed E-state index contributed by atoms with van der Waals surface area (Å²) in [4.78, 5) is 6.82. The summed E-state index contributed by atoms with van der Waals surface area (Å²) in [5.74, 6) is 2.48. The van der Waals surface area contributed by atoms with Crippen LogP contribution in [0.5, 0.6) is 5.75 Å². The van der Waals surface area contributed by atoms with Gasteiger partial charge in [0.2, 0.25) is 0 Å². The number of nitrogens with zero attached hydrogens (tertiary/aromatic N) is 2. The van der Waals surface area contributed by atoms with Crippen molar-refractivity contribution in [3.05, 3.63) is 65.2 Å². The van der Waals surface area contributed by atoms with Crippen LogP contribution in [0.4, 0.5) is 0 Å². The van der Waals surface area contributed by atoms with Crippen molar-refractivity contribution in [3.63, 3.8) is 0 Å². The predicted molar refractivity (Wildman–Crippen MR) is 119 cm³/mol. The Balaban J connectivity index is 1.40. The summed E-state index contributed by atoms with van der Waals surface area (Å²) >= 11 is 0. The molecule has 5 nitrogen and oxygen atoms in total. The Bertz CT molecular complexity index is 792. The Morgan fingerprint density at radius 3 is 2.76 bits per heavy atom. The van der Waals surface area contributed by atoms with Crippen LogP contribution in [0.1, 0.15) is 23.1 Å². The molecule has 1 aliphatic rings. The van der Waals surface area contributed by atoms with E-state index in [4.69, 9.17) is 9.47 Å². The lowest BCUT2D eigenvalue weighted by Gasteiger charge is -2.22. The van der Waals surface area contributed by atoms with E-state index in [-0.39, 0.29) is 0 Å². The van der Waals surface area contributed by atoms with Crippen LogP contribution in [-0.4, -0.2) is 51.3 Å². The molecule has 1 fully saturated rings. The molecule has 0 spiro atoms. The van der Waals surface area contributed by atoms with Gasteiger partial charge in [0, 0.05) is 32.6 Å². The molecule has 29 heavy (non-hydrogen) atoms. The Morgan fingerprint density at radius 1 is 1.17 bits per heavy atom. The van der Waals surface area contributed by atoms with Gasteiger partial charge in [-0.25, -0.2) is 0 Å². The van der Waals surface area contributed by atoms with Gasteiger partial charge in [0.1, 0.15) is 5.75 Å². The summed E-state index contributed by atoms with van der Waals surface area (Å²) in [5, 5.41) is 3.51. The molecule has 156 valence electrons. The Labute approximate surface area is 174 Å². The second-order valence-corrected chi connectivity index (χ2v) is 7.63. The molecule has 1 unspecified atom stereocenters. The number of hydrogen-bond donors (Lipinski definition) is 1. The second-order valence-electron chi connectivity index (χ2n) is 7.63. The van der Waals surface area contributed by atoms with Gasteiger partial charge >= 0.3 is 0 Å². The maximum atomic E-state index is 5.94. The van der Waals surface area contributed by atoms with Gasteiger partial charge in [-0.15, -0.1) is 0 Å². The highest BCUT2D eigenvalue weighted by atomic mass is 16.5. The molecule has 1 aliphatic heterocycles. The van der Waals surface area contributed by atoms with E-state index < -0.39 is 0 Å². The average Bonchev–Trinajstić information content (AvgIpc) is 3.21. The third-order valence-electron chi connectivity index (χ3n) is 5.43. The van der Waals surface area contributed by atoms with Crippen molar-refractivity contribution >= 4 is 5.96 Å². The number of aliphatic imine (C=N–C) groups is 1. The van der Waals surface area contributed by atoms with Crippen molar-refractivity contribution in [1.29, 1.82) is 0 Å². The van der Waals surface area contributed by atoms with Gasteiger partial charge in [-0.2, -0.15) is 0 Å². The third-order valence-corrected chi connectivity index (χ3v) is 5.43. The van der Waals surface area contributed by atoms with Crippen LogP contribution in [-0.2, 0) is 17.8 Å². The van der Waals surface area contributed by atoms with Crippen LogP contribution in [0, 0.1) is 12.8 Å². The van der Waals surface area contributed by atoms with Crippen molar-refractivity contribution in [2.45, 2.75) is 26.4 Å². The standard InChI is InChI=1S/C24H33N3O2/c1-19-9-10-20(15-23(19)28-3)11-13-26-24(25-2)27-14-12-22(16-27)18-29-17-21-7-5-4-6-8-21/h4-10,15,22H,11-14,16-18H2,1-3H3,(H,25,26). The lowest BCUT2D eigenvalue weighted by Crippen LogP contribution is -2.41. The van der Waals surface area contributed by atoms with E-state index in [1.807, 2.05) is 13.1 Å². The van der Waals surface area contributed by atoms with Crippen LogP contribution in [0.3, 0.4) is 0 Å². The number of rotatable bonds is 8. The average molecular weight is 396 g/mol. The van der Waals surface area contributed by atoms with Crippen LogP contribution < -0.4 is 10.1 Å². The normalized spacial score (nSPS) is 16.9. The topological polar surface area (TPSA) is 46.1 Å². The highest BCUT2D eigenvalue weighted by Crippen LogP contribution is 2.19. The second kappa shape index (κ2) is 10.9. The molecule has 0 aliphatic carbocycles. The zero-order chi connectivity index (χ0) is 20.5. The van der Waals surface area contributed by atoms with Crippen molar-refractivity contribution in [1.82, 2.24) is 10.2 Å². The largest absolute Gasteiger partial charge is 0.496 e. The molecule has 2 aromatic carbocycles. The smallest absolute Gasteiger partial charge is 0.193 e. The molecule has 1 heterocycles. The van der Waals surface area contributed by atoms with Crippen molar-refractivity contribution < 1.29 is 9.47 Å². The van der Waals surface area contributed by atoms with Gasteiger partial charge in [-0.3, -0.25) is 4.99 Å². The summed E-state index contributed by atoms with van der Waals surface area (Å²) in [6.07, 6.45) is 2.08. The lowest BCUT2D eigenvalue weighted by molar-refractivity contribution is 0.0907. The molecule has 0 bridgehead atoms. The van der Waals surface area contributed by atoms with E-state index in [9.17, 15) is 0 Å². The number of benzene rings is 2. The Kier molecular flexibility index (Phi) is 7.94. The van der Waals surface area contributed by atoms with Crippen molar-refractivity contribution in [2.75, 3.05) is 40.4 Å². The van der Waals surface area contributed by atoms with Crippen LogP contribution in [0.15, 0.2) is 53.5 Å². The molecule has 0 amide bonds. The highest BCUT2D eigenvalue weighted by Gasteiger charge is 2.24. The summed E-state index contributed by atoms with van der Waals surface area (Å²) < 4.78 is 11.4. The predicted octanol–water partition coefficient (Wildman–Crippen LogP) is 3.66. The molecule has 3 rings (SSSR count). The number of aryl methyl sites for hydroxylation is 1. The van der Waals surface area contributed by atoms with E-state index >= 15 is 0 Å². The van der Waals surface area contributed by atoms with E-state index in [2.05, 4.69) is 64.6 Å². The fourth-order valence-corrected chi connectivity index (χ4v) is 3.75. The molecular formula is C24H33N3O2. The van der Waals surface area contributed by atoms with Gasteiger partial charge in [0.05, 0.1) is 20.3 Å². The first-order valence-corrected chi connectivity index (χ1v) is 10.4. The molecule has 2 aromatic rings. The first-order valence-electron chi connectivity index (χ1n) is 10.4. The molecule has 1 saturated heterocycles. The van der Waals surface area contributed by atoms with Gasteiger partial charge < -0.3 is 19.7 Å².